The minimum absolute atomic E-state index is 0.0732. The van der Waals surface area contributed by atoms with Crippen LogP contribution in [0.2, 0.25) is 0 Å². The van der Waals surface area contributed by atoms with Crippen molar-refractivity contribution < 1.29 is 23.5 Å². The Hall–Kier alpha value is -4.00. The summed E-state index contributed by atoms with van der Waals surface area (Å²) in [6.07, 6.45) is 3.71. The first-order valence-electron chi connectivity index (χ1n) is 11.4. The van der Waals surface area contributed by atoms with Crippen molar-refractivity contribution in [3.05, 3.63) is 89.5 Å². The maximum Gasteiger partial charge on any atom is 0.268 e. The van der Waals surface area contributed by atoms with Gasteiger partial charge >= 0.3 is 0 Å². The monoisotopic (exact) mass is 476 g/mol. The molecule has 0 saturated carbocycles. The first kappa shape index (κ1) is 25.6. The third-order valence-electron chi connectivity index (χ3n) is 5.72. The van der Waals surface area contributed by atoms with Gasteiger partial charge in [-0.3, -0.25) is 9.59 Å². The summed E-state index contributed by atoms with van der Waals surface area (Å²) in [5, 5.41) is 5.72. The fourth-order valence-corrected chi connectivity index (χ4v) is 3.97. The van der Waals surface area contributed by atoms with E-state index in [1.807, 2.05) is 25.1 Å². The molecule has 2 N–H and O–H groups in total. The van der Waals surface area contributed by atoms with Crippen LogP contribution in [0.25, 0.3) is 6.08 Å². The second-order valence-corrected chi connectivity index (χ2v) is 8.93. The van der Waals surface area contributed by atoms with E-state index in [9.17, 15) is 9.59 Å². The first-order chi connectivity index (χ1) is 16.7. The molecule has 1 aromatic heterocycles. The highest BCUT2D eigenvalue weighted by molar-refractivity contribution is 6.05. The van der Waals surface area contributed by atoms with Gasteiger partial charge in [-0.1, -0.05) is 44.2 Å². The van der Waals surface area contributed by atoms with Crippen molar-refractivity contribution in [1.29, 1.82) is 0 Å². The second-order valence-electron chi connectivity index (χ2n) is 8.93. The minimum Gasteiger partial charge on any atom is -0.493 e. The summed E-state index contributed by atoms with van der Waals surface area (Å²) in [7, 11) is 3.01. The Balaban J connectivity index is 1.77. The lowest BCUT2D eigenvalue weighted by molar-refractivity contribution is -0.118. The molecule has 35 heavy (non-hydrogen) atoms. The summed E-state index contributed by atoms with van der Waals surface area (Å²) in [5.74, 6) is 0.490. The van der Waals surface area contributed by atoms with Crippen LogP contribution in [0.15, 0.2) is 77.0 Å². The maximum absolute atomic E-state index is 13.2. The number of carbonyl (C=O) groups is 2. The van der Waals surface area contributed by atoms with Crippen LogP contribution in [0.3, 0.4) is 0 Å². The molecule has 0 aliphatic rings. The Morgan fingerprint density at radius 1 is 1.00 bits per heavy atom. The number of hydrogen-bond donors (Lipinski definition) is 2. The SMILES string of the molecule is COc1ccc(C(=O)N/C(=C\c2ccco2)C(=O)N[C@H](C)CC(C)(C)c2ccccc2)cc1OC. The Bertz CT molecular complexity index is 1170. The van der Waals surface area contributed by atoms with Crippen LogP contribution in [-0.2, 0) is 10.2 Å². The maximum atomic E-state index is 13.2. The molecule has 7 nitrogen and oxygen atoms in total. The predicted molar refractivity (Wildman–Crippen MR) is 135 cm³/mol. The molecule has 0 aliphatic carbocycles. The molecule has 3 rings (SSSR count). The molecule has 184 valence electrons. The van der Waals surface area contributed by atoms with Crippen LogP contribution < -0.4 is 20.1 Å². The molecular weight excluding hydrogens is 444 g/mol. The molecule has 1 heterocycles. The first-order valence-corrected chi connectivity index (χ1v) is 11.4. The Morgan fingerprint density at radius 3 is 2.34 bits per heavy atom. The van der Waals surface area contributed by atoms with Crippen LogP contribution in [0.5, 0.6) is 11.5 Å². The van der Waals surface area contributed by atoms with Crippen LogP contribution in [-0.4, -0.2) is 32.1 Å². The van der Waals surface area contributed by atoms with E-state index in [1.165, 1.54) is 32.1 Å². The van der Waals surface area contributed by atoms with Gasteiger partial charge in [0.05, 0.1) is 20.5 Å². The number of ether oxygens (including phenoxy) is 2. The average molecular weight is 477 g/mol. The Morgan fingerprint density at radius 2 is 1.71 bits per heavy atom. The van der Waals surface area contributed by atoms with Gasteiger partial charge in [0.25, 0.3) is 11.8 Å². The van der Waals surface area contributed by atoms with Gasteiger partial charge < -0.3 is 24.5 Å². The zero-order chi connectivity index (χ0) is 25.4. The standard InChI is InChI=1S/C28H32N2O5/c1-19(18-28(2,3)21-10-7-6-8-11-21)29-27(32)23(17-22-12-9-15-35-22)30-26(31)20-13-14-24(33-4)25(16-20)34-5/h6-17,19H,18H2,1-5H3,(H,29,32)(H,30,31)/b23-17-/t19-/m1/s1. The molecular formula is C28H32N2O5. The molecule has 0 saturated heterocycles. The van der Waals surface area contributed by atoms with Crippen molar-refractivity contribution >= 4 is 17.9 Å². The van der Waals surface area contributed by atoms with Crippen molar-refractivity contribution in [2.24, 2.45) is 0 Å². The van der Waals surface area contributed by atoms with Crippen molar-refractivity contribution in [2.45, 2.75) is 38.6 Å². The van der Waals surface area contributed by atoms with Gasteiger partial charge in [0.1, 0.15) is 11.5 Å². The minimum atomic E-state index is -0.462. The summed E-state index contributed by atoms with van der Waals surface area (Å²) in [4.78, 5) is 26.2. The van der Waals surface area contributed by atoms with E-state index < -0.39 is 11.8 Å². The molecule has 0 bridgehead atoms. The molecule has 7 heteroatoms. The summed E-state index contributed by atoms with van der Waals surface area (Å²) >= 11 is 0. The largest absolute Gasteiger partial charge is 0.493 e. The molecule has 2 amide bonds. The zero-order valence-electron chi connectivity index (χ0n) is 20.8. The van der Waals surface area contributed by atoms with Crippen LogP contribution in [0, 0.1) is 0 Å². The van der Waals surface area contributed by atoms with Gasteiger partial charge in [0.15, 0.2) is 11.5 Å². The molecule has 0 aliphatic heterocycles. The fraction of sp³-hybridized carbons (Fsp3) is 0.286. The lowest BCUT2D eigenvalue weighted by Gasteiger charge is -2.29. The van der Waals surface area contributed by atoms with Gasteiger partial charge in [-0.05, 0) is 54.7 Å². The zero-order valence-corrected chi connectivity index (χ0v) is 20.8. The molecule has 0 radical (unpaired) electrons. The van der Waals surface area contributed by atoms with E-state index in [0.29, 0.717) is 29.2 Å². The Kier molecular flexibility index (Phi) is 8.36. The van der Waals surface area contributed by atoms with E-state index in [-0.39, 0.29) is 17.2 Å². The highest BCUT2D eigenvalue weighted by Gasteiger charge is 2.25. The van der Waals surface area contributed by atoms with Gasteiger partial charge in [-0.15, -0.1) is 0 Å². The summed E-state index contributed by atoms with van der Waals surface area (Å²) < 4.78 is 15.9. The molecule has 0 spiro atoms. The second kappa shape index (κ2) is 11.4. The van der Waals surface area contributed by atoms with Crippen molar-refractivity contribution in [3.63, 3.8) is 0 Å². The van der Waals surface area contributed by atoms with Gasteiger partial charge in [-0.25, -0.2) is 0 Å². The number of nitrogens with one attached hydrogen (secondary N) is 2. The fourth-order valence-electron chi connectivity index (χ4n) is 3.97. The van der Waals surface area contributed by atoms with Crippen molar-refractivity contribution in [1.82, 2.24) is 10.6 Å². The van der Waals surface area contributed by atoms with Crippen LogP contribution in [0.4, 0.5) is 0 Å². The highest BCUT2D eigenvalue weighted by Crippen LogP contribution is 2.29. The lowest BCUT2D eigenvalue weighted by atomic mass is 9.79. The van der Waals surface area contributed by atoms with Gasteiger partial charge in [-0.2, -0.15) is 0 Å². The number of carbonyl (C=O) groups excluding carboxylic acids is 2. The van der Waals surface area contributed by atoms with E-state index in [1.54, 1.807) is 30.3 Å². The Labute approximate surface area is 206 Å². The van der Waals surface area contributed by atoms with Gasteiger partial charge in [0.2, 0.25) is 0 Å². The molecule has 0 unspecified atom stereocenters. The van der Waals surface area contributed by atoms with Gasteiger partial charge in [0, 0.05) is 17.7 Å². The summed E-state index contributed by atoms with van der Waals surface area (Å²) in [5.41, 5.74) is 1.43. The normalized spacial score (nSPS) is 12.5. The molecule has 1 atom stereocenters. The molecule has 2 aromatic carbocycles. The molecule has 3 aromatic rings. The number of amides is 2. The summed E-state index contributed by atoms with van der Waals surface area (Å²) in [6, 6.07) is 18.2. The lowest BCUT2D eigenvalue weighted by Crippen LogP contribution is -2.41. The van der Waals surface area contributed by atoms with Crippen LogP contribution in [0.1, 0.15) is 48.9 Å². The highest BCUT2D eigenvalue weighted by atomic mass is 16.5. The number of rotatable bonds is 10. The van der Waals surface area contributed by atoms with E-state index in [0.717, 1.165) is 0 Å². The van der Waals surface area contributed by atoms with E-state index >= 15 is 0 Å². The van der Waals surface area contributed by atoms with E-state index in [2.05, 4.69) is 36.6 Å². The summed E-state index contributed by atoms with van der Waals surface area (Å²) in [6.45, 7) is 6.23. The predicted octanol–water partition coefficient (Wildman–Crippen LogP) is 4.94. The topological polar surface area (TPSA) is 89.8 Å². The number of furan rings is 1. The number of hydrogen-bond acceptors (Lipinski definition) is 5. The number of methoxy groups -OCH3 is 2. The quantitative estimate of drug-likeness (QED) is 0.405. The smallest absolute Gasteiger partial charge is 0.268 e. The number of benzene rings is 2. The van der Waals surface area contributed by atoms with E-state index in [4.69, 9.17) is 13.9 Å². The third kappa shape index (κ3) is 6.76. The van der Waals surface area contributed by atoms with Crippen molar-refractivity contribution in [2.75, 3.05) is 14.2 Å². The molecule has 0 fully saturated rings. The average Bonchev–Trinajstić information content (AvgIpc) is 3.36. The van der Waals surface area contributed by atoms with Crippen LogP contribution >= 0.6 is 0 Å². The third-order valence-corrected chi connectivity index (χ3v) is 5.72. The van der Waals surface area contributed by atoms with Crippen molar-refractivity contribution in [3.8, 4) is 11.5 Å².